The number of rotatable bonds is 5. The zero-order valence-corrected chi connectivity index (χ0v) is 12.8. The van der Waals surface area contributed by atoms with Gasteiger partial charge >= 0.3 is 0 Å². The van der Waals surface area contributed by atoms with Crippen molar-refractivity contribution in [2.45, 2.75) is 25.6 Å². The second kappa shape index (κ2) is 7.45. The van der Waals surface area contributed by atoms with E-state index in [9.17, 15) is 15.0 Å². The Balaban J connectivity index is 2.64. The van der Waals surface area contributed by atoms with Crippen LogP contribution in [0.1, 0.15) is 25.0 Å². The van der Waals surface area contributed by atoms with Gasteiger partial charge in [0.15, 0.2) is 5.12 Å². The van der Waals surface area contributed by atoms with Gasteiger partial charge < -0.3 is 10.2 Å². The molecule has 0 radical (unpaired) electrons. The molecule has 4 nitrogen and oxygen atoms in total. The Morgan fingerprint density at radius 1 is 1.61 bits per heavy atom. The fraction of sp³-hybridized carbons (Fsp3) is 0.455. The average Bonchev–Trinajstić information content (AvgIpc) is 2.30. The average molecular weight is 355 g/mol. The van der Waals surface area contributed by atoms with Crippen LogP contribution in [0.25, 0.3) is 0 Å². The van der Waals surface area contributed by atoms with Gasteiger partial charge in [-0.05, 0) is 28.4 Å². The Morgan fingerprint density at radius 2 is 2.28 bits per heavy atom. The first-order chi connectivity index (χ1) is 8.41. The molecular weight excluding hydrogens is 342 g/mol. The minimum atomic E-state index is -1.06. The lowest BCUT2D eigenvalue weighted by molar-refractivity contribution is -0.109. The van der Waals surface area contributed by atoms with Gasteiger partial charge in [0.2, 0.25) is 0 Å². The Hall–Kier alpha value is -0.140. The van der Waals surface area contributed by atoms with Gasteiger partial charge in [0.25, 0.3) is 0 Å². The maximum atomic E-state index is 10.7. The van der Waals surface area contributed by atoms with Crippen LogP contribution in [0.3, 0.4) is 0 Å². The van der Waals surface area contributed by atoms with E-state index >= 15 is 0 Å². The van der Waals surface area contributed by atoms with Crippen molar-refractivity contribution in [3.8, 4) is 0 Å². The van der Waals surface area contributed by atoms with Crippen LogP contribution < -0.4 is 0 Å². The lowest BCUT2D eigenvalue weighted by Gasteiger charge is -2.19. The standard InChI is InChI=1S/C11H13BrClNO3S/c1-6(15)18-3-2-9(16)11(17)7-4-10(13)14-5-8(7)12/h4-5,9,11,16-17H,2-3H2,1H3. The third kappa shape index (κ3) is 4.85. The van der Waals surface area contributed by atoms with Crippen LogP contribution in [0, 0.1) is 0 Å². The van der Waals surface area contributed by atoms with Crippen LogP contribution in [0.4, 0.5) is 0 Å². The highest BCUT2D eigenvalue weighted by Crippen LogP contribution is 2.28. The molecule has 1 heterocycles. The van der Waals surface area contributed by atoms with E-state index in [-0.39, 0.29) is 10.3 Å². The number of nitrogens with zero attached hydrogens (tertiary/aromatic N) is 1. The number of hydrogen-bond acceptors (Lipinski definition) is 5. The van der Waals surface area contributed by atoms with Gasteiger partial charge in [0.05, 0.1) is 6.10 Å². The number of pyridine rings is 1. The van der Waals surface area contributed by atoms with E-state index in [4.69, 9.17) is 11.6 Å². The van der Waals surface area contributed by atoms with Gasteiger partial charge in [-0.3, -0.25) is 4.79 Å². The molecule has 0 aliphatic heterocycles. The predicted octanol–water partition coefficient (Wildman–Crippen LogP) is 2.56. The number of aromatic nitrogens is 1. The Labute approximate surface area is 123 Å². The number of halogens is 2. The molecule has 0 bridgehead atoms. The van der Waals surface area contributed by atoms with Crippen LogP contribution in [0.15, 0.2) is 16.7 Å². The summed E-state index contributed by atoms with van der Waals surface area (Å²) in [5.74, 6) is 0.462. The number of carbonyl (C=O) groups is 1. The van der Waals surface area contributed by atoms with E-state index in [1.807, 2.05) is 0 Å². The van der Waals surface area contributed by atoms with E-state index in [0.29, 0.717) is 22.2 Å². The molecular formula is C11H13BrClNO3S. The van der Waals surface area contributed by atoms with Gasteiger partial charge in [-0.1, -0.05) is 23.4 Å². The highest BCUT2D eigenvalue weighted by atomic mass is 79.9. The zero-order chi connectivity index (χ0) is 13.7. The molecule has 18 heavy (non-hydrogen) atoms. The zero-order valence-electron chi connectivity index (χ0n) is 9.64. The maximum Gasteiger partial charge on any atom is 0.185 e. The van der Waals surface area contributed by atoms with Crippen LogP contribution >= 0.6 is 39.3 Å². The molecule has 0 fully saturated rings. The van der Waals surface area contributed by atoms with E-state index in [1.54, 1.807) is 0 Å². The normalized spacial score (nSPS) is 14.3. The Morgan fingerprint density at radius 3 is 2.89 bits per heavy atom. The van der Waals surface area contributed by atoms with Crippen molar-refractivity contribution in [2.75, 3.05) is 5.75 Å². The number of aliphatic hydroxyl groups excluding tert-OH is 2. The van der Waals surface area contributed by atoms with Crippen molar-refractivity contribution in [3.05, 3.63) is 27.5 Å². The number of hydrogen-bond donors (Lipinski definition) is 2. The molecule has 2 unspecified atom stereocenters. The molecule has 0 spiro atoms. The van der Waals surface area contributed by atoms with Crippen LogP contribution in [0.5, 0.6) is 0 Å². The Bertz CT molecular complexity index is 433. The fourth-order valence-electron chi connectivity index (χ4n) is 1.34. The second-order valence-electron chi connectivity index (χ2n) is 3.67. The molecule has 7 heteroatoms. The van der Waals surface area contributed by atoms with Gasteiger partial charge in [-0.25, -0.2) is 4.98 Å². The minimum absolute atomic E-state index is 0.00942. The summed E-state index contributed by atoms with van der Waals surface area (Å²) in [6, 6.07) is 1.50. The molecule has 2 atom stereocenters. The number of carbonyl (C=O) groups excluding carboxylic acids is 1. The highest BCUT2D eigenvalue weighted by Gasteiger charge is 2.21. The third-order valence-corrected chi connectivity index (χ3v) is 3.97. The smallest absolute Gasteiger partial charge is 0.185 e. The number of thioether (sulfide) groups is 1. The maximum absolute atomic E-state index is 10.7. The van der Waals surface area contributed by atoms with E-state index < -0.39 is 12.2 Å². The molecule has 0 amide bonds. The summed E-state index contributed by atoms with van der Waals surface area (Å²) in [7, 11) is 0. The molecule has 0 saturated carbocycles. The fourth-order valence-corrected chi connectivity index (χ4v) is 2.61. The van der Waals surface area contributed by atoms with Gasteiger partial charge in [0.1, 0.15) is 11.3 Å². The van der Waals surface area contributed by atoms with Crippen LogP contribution in [-0.4, -0.2) is 32.2 Å². The summed E-state index contributed by atoms with van der Waals surface area (Å²) in [5.41, 5.74) is 0.482. The lowest BCUT2D eigenvalue weighted by atomic mass is 10.0. The highest BCUT2D eigenvalue weighted by molar-refractivity contribution is 9.10. The first-order valence-corrected chi connectivity index (χ1v) is 7.38. The summed E-state index contributed by atoms with van der Waals surface area (Å²) < 4.78 is 0.581. The lowest BCUT2D eigenvalue weighted by Crippen LogP contribution is -2.19. The minimum Gasteiger partial charge on any atom is -0.390 e. The molecule has 2 N–H and O–H groups in total. The van der Waals surface area contributed by atoms with Crippen molar-refractivity contribution >= 4 is 44.4 Å². The SMILES string of the molecule is CC(=O)SCCC(O)C(O)c1cc(Cl)ncc1Br. The van der Waals surface area contributed by atoms with Crippen molar-refractivity contribution < 1.29 is 15.0 Å². The third-order valence-electron chi connectivity index (χ3n) is 2.25. The molecule has 0 aromatic carbocycles. The first kappa shape index (κ1) is 15.9. The topological polar surface area (TPSA) is 70.4 Å². The van der Waals surface area contributed by atoms with Crippen molar-refractivity contribution in [3.63, 3.8) is 0 Å². The second-order valence-corrected chi connectivity index (χ2v) is 6.18. The number of aliphatic hydroxyl groups is 2. The summed E-state index contributed by atoms with van der Waals surface area (Å²) >= 11 is 10.1. The van der Waals surface area contributed by atoms with E-state index in [1.165, 1.54) is 19.2 Å². The largest absolute Gasteiger partial charge is 0.390 e. The van der Waals surface area contributed by atoms with Gasteiger partial charge in [-0.2, -0.15) is 0 Å². The molecule has 100 valence electrons. The molecule has 1 rings (SSSR count). The molecule has 1 aromatic rings. The predicted molar refractivity (Wildman–Crippen MR) is 75.7 cm³/mol. The molecule has 0 aliphatic rings. The van der Waals surface area contributed by atoms with Crippen molar-refractivity contribution in [2.24, 2.45) is 0 Å². The summed E-state index contributed by atoms with van der Waals surface area (Å²) in [6.07, 6.45) is -0.227. The van der Waals surface area contributed by atoms with E-state index in [0.717, 1.165) is 11.8 Å². The monoisotopic (exact) mass is 353 g/mol. The molecule has 0 aliphatic carbocycles. The summed E-state index contributed by atoms with van der Waals surface area (Å²) in [4.78, 5) is 14.6. The van der Waals surface area contributed by atoms with Crippen molar-refractivity contribution in [1.82, 2.24) is 4.98 Å². The Kier molecular flexibility index (Phi) is 6.59. The summed E-state index contributed by atoms with van der Waals surface area (Å²) in [5, 5.41) is 20.1. The van der Waals surface area contributed by atoms with Gasteiger partial charge in [-0.15, -0.1) is 0 Å². The van der Waals surface area contributed by atoms with Crippen LogP contribution in [-0.2, 0) is 4.79 Å². The van der Waals surface area contributed by atoms with E-state index in [2.05, 4.69) is 20.9 Å². The van der Waals surface area contributed by atoms with Crippen molar-refractivity contribution in [1.29, 1.82) is 0 Å². The van der Waals surface area contributed by atoms with Gasteiger partial charge in [0, 0.05) is 28.9 Å². The first-order valence-electron chi connectivity index (χ1n) is 5.22. The summed E-state index contributed by atoms with van der Waals surface area (Å²) in [6.45, 7) is 1.46. The molecule has 1 aromatic heterocycles. The quantitative estimate of drug-likeness (QED) is 0.795. The molecule has 0 saturated heterocycles. The van der Waals surface area contributed by atoms with Crippen LogP contribution in [0.2, 0.25) is 5.15 Å².